The second kappa shape index (κ2) is 6.82. The quantitative estimate of drug-likeness (QED) is 0.450. The van der Waals surface area contributed by atoms with Crippen molar-refractivity contribution in [3.8, 4) is 0 Å². The second-order valence-electron chi connectivity index (χ2n) is 4.73. The number of hydrogen-bond acceptors (Lipinski definition) is 7. The largest absolute Gasteiger partial charge is 0.467 e. The Labute approximate surface area is 128 Å². The molecule has 1 saturated heterocycles. The highest BCUT2D eigenvalue weighted by atomic mass is 32.2. The average Bonchev–Trinajstić information content (AvgIpc) is 2.95. The number of nitrogens with one attached hydrogen (secondary N) is 1. The van der Waals surface area contributed by atoms with Crippen molar-refractivity contribution in [3.05, 3.63) is 23.7 Å². The molecular weight excluding hydrogens is 314 g/mol. The van der Waals surface area contributed by atoms with Crippen molar-refractivity contribution < 1.29 is 17.6 Å². The lowest BCUT2D eigenvalue weighted by Crippen LogP contribution is -2.47. The van der Waals surface area contributed by atoms with Crippen molar-refractivity contribution in [1.82, 2.24) is 10.3 Å². The maximum Gasteiger partial charge on any atom is 0.268 e. The lowest BCUT2D eigenvalue weighted by atomic mass is 10.3. The van der Waals surface area contributed by atoms with Crippen molar-refractivity contribution in [2.24, 2.45) is 5.84 Å². The number of carbonyl (C=O) groups excluding carboxylic acids is 1. The minimum atomic E-state index is -3.14. The molecule has 2 rings (SSSR count). The van der Waals surface area contributed by atoms with Crippen LogP contribution in [0.25, 0.3) is 0 Å². The van der Waals surface area contributed by atoms with Crippen molar-refractivity contribution in [3.63, 3.8) is 0 Å². The molecule has 7 nitrogen and oxygen atoms in total. The Bertz CT molecular complexity index is 599. The van der Waals surface area contributed by atoms with Gasteiger partial charge in [0.2, 0.25) is 0 Å². The van der Waals surface area contributed by atoms with Gasteiger partial charge in [-0.1, -0.05) is 6.92 Å². The number of rotatable bonds is 5. The molecule has 0 aliphatic carbocycles. The molecule has 1 aliphatic rings. The highest BCUT2D eigenvalue weighted by molar-refractivity contribution is 8.01. The Kier molecular flexibility index (Phi) is 5.31. The summed E-state index contributed by atoms with van der Waals surface area (Å²) in [5, 5.41) is -0.502. The number of nitrogens with two attached hydrogens (primary N) is 1. The van der Waals surface area contributed by atoms with Crippen LogP contribution in [0, 0.1) is 0 Å². The van der Waals surface area contributed by atoms with E-state index in [4.69, 9.17) is 10.3 Å². The molecule has 1 fully saturated rings. The highest BCUT2D eigenvalue weighted by Crippen LogP contribution is 2.24. The number of thioether (sulfide) groups is 1. The number of hydrazine groups is 1. The summed E-state index contributed by atoms with van der Waals surface area (Å²) in [6, 6.07) is 1.58. The molecular formula is C12H19N3O4S2. The number of furan rings is 1. The summed E-state index contributed by atoms with van der Waals surface area (Å²) in [5.74, 6) is 6.74. The van der Waals surface area contributed by atoms with Gasteiger partial charge < -0.3 is 4.42 Å². The summed E-state index contributed by atoms with van der Waals surface area (Å²) in [6.45, 7) is 2.69. The van der Waals surface area contributed by atoms with E-state index >= 15 is 0 Å². The summed E-state index contributed by atoms with van der Waals surface area (Å²) < 4.78 is 29.6. The van der Waals surface area contributed by atoms with Crippen LogP contribution in [0.15, 0.2) is 16.7 Å². The summed E-state index contributed by atoms with van der Waals surface area (Å²) in [7, 11) is -3.14. The normalized spacial score (nSPS) is 20.4. The molecule has 0 aromatic carbocycles. The van der Waals surface area contributed by atoms with Crippen LogP contribution in [0.4, 0.5) is 0 Å². The molecule has 1 aliphatic heterocycles. The van der Waals surface area contributed by atoms with E-state index in [0.29, 0.717) is 30.2 Å². The molecule has 21 heavy (non-hydrogen) atoms. The van der Waals surface area contributed by atoms with E-state index < -0.39 is 21.1 Å². The van der Waals surface area contributed by atoms with Crippen LogP contribution in [0.1, 0.15) is 23.0 Å². The van der Waals surface area contributed by atoms with E-state index in [2.05, 4.69) is 0 Å². The Morgan fingerprint density at radius 2 is 2.38 bits per heavy atom. The van der Waals surface area contributed by atoms with Crippen LogP contribution in [0.5, 0.6) is 0 Å². The van der Waals surface area contributed by atoms with Crippen LogP contribution in [-0.4, -0.2) is 48.4 Å². The fourth-order valence-electron chi connectivity index (χ4n) is 2.19. The predicted octanol–water partition coefficient (Wildman–Crippen LogP) is 0.193. The summed E-state index contributed by atoms with van der Waals surface area (Å²) >= 11 is 1.64. The lowest BCUT2D eigenvalue weighted by molar-refractivity contribution is 0.0953. The van der Waals surface area contributed by atoms with Gasteiger partial charge in [-0.25, -0.2) is 14.3 Å². The monoisotopic (exact) mass is 333 g/mol. The van der Waals surface area contributed by atoms with E-state index in [9.17, 15) is 13.2 Å². The van der Waals surface area contributed by atoms with Gasteiger partial charge in [-0.05, 0) is 6.07 Å². The Hall–Kier alpha value is -1.03. The van der Waals surface area contributed by atoms with Crippen molar-refractivity contribution in [2.75, 3.05) is 23.8 Å². The third-order valence-corrected chi connectivity index (χ3v) is 6.75. The van der Waals surface area contributed by atoms with Gasteiger partial charge in [-0.3, -0.25) is 15.1 Å². The Morgan fingerprint density at radius 1 is 1.62 bits per heavy atom. The molecule has 0 bridgehead atoms. The van der Waals surface area contributed by atoms with E-state index in [1.165, 1.54) is 6.26 Å². The first kappa shape index (κ1) is 16.3. The van der Waals surface area contributed by atoms with Gasteiger partial charge >= 0.3 is 0 Å². The van der Waals surface area contributed by atoms with Crippen LogP contribution in [0.2, 0.25) is 0 Å². The summed E-state index contributed by atoms with van der Waals surface area (Å²) in [6.07, 6.45) is 1.32. The molecule has 1 amide bonds. The summed E-state index contributed by atoms with van der Waals surface area (Å²) in [5.41, 5.74) is 2.36. The smallest absolute Gasteiger partial charge is 0.268 e. The maximum atomic E-state index is 12.1. The molecule has 0 radical (unpaired) electrons. The van der Waals surface area contributed by atoms with Gasteiger partial charge in [0, 0.05) is 23.8 Å². The van der Waals surface area contributed by atoms with Crippen LogP contribution >= 0.6 is 11.8 Å². The first-order valence-electron chi connectivity index (χ1n) is 6.59. The SMILES string of the molecule is CCS(=O)(=O)C1CSCCN1Cc1cc(C(=O)NN)co1. The molecule has 0 saturated carbocycles. The molecule has 3 N–H and O–H groups in total. The van der Waals surface area contributed by atoms with E-state index in [1.807, 2.05) is 10.3 Å². The fourth-order valence-corrected chi connectivity index (χ4v) is 5.27. The number of amides is 1. The van der Waals surface area contributed by atoms with E-state index in [0.717, 1.165) is 5.75 Å². The number of nitrogens with zero attached hydrogens (tertiary/aromatic N) is 1. The molecule has 9 heteroatoms. The number of nitrogen functional groups attached to an aromatic ring is 1. The minimum Gasteiger partial charge on any atom is -0.467 e. The zero-order chi connectivity index (χ0) is 15.5. The molecule has 1 aromatic heterocycles. The fraction of sp³-hybridized carbons (Fsp3) is 0.583. The topological polar surface area (TPSA) is 106 Å². The summed E-state index contributed by atoms with van der Waals surface area (Å²) in [4.78, 5) is 13.3. The van der Waals surface area contributed by atoms with Gasteiger partial charge in [0.15, 0.2) is 9.84 Å². The molecule has 118 valence electrons. The van der Waals surface area contributed by atoms with Gasteiger partial charge in [0.1, 0.15) is 17.4 Å². The third-order valence-electron chi connectivity index (χ3n) is 3.41. The third kappa shape index (κ3) is 3.79. The maximum absolute atomic E-state index is 12.1. The minimum absolute atomic E-state index is 0.119. The first-order valence-corrected chi connectivity index (χ1v) is 9.46. The van der Waals surface area contributed by atoms with Gasteiger partial charge in [0.05, 0.1) is 12.1 Å². The molecule has 1 aromatic rings. The average molecular weight is 333 g/mol. The van der Waals surface area contributed by atoms with Crippen LogP contribution in [-0.2, 0) is 16.4 Å². The van der Waals surface area contributed by atoms with Crippen molar-refractivity contribution in [1.29, 1.82) is 0 Å². The molecule has 0 spiro atoms. The van der Waals surface area contributed by atoms with E-state index in [1.54, 1.807) is 24.8 Å². The second-order valence-corrected chi connectivity index (χ2v) is 8.32. The van der Waals surface area contributed by atoms with Crippen LogP contribution in [0.3, 0.4) is 0 Å². The standard InChI is InChI=1S/C12H19N3O4S2/c1-2-21(17,18)11-8-20-4-3-15(11)6-10-5-9(7-19-10)12(16)14-13/h5,7,11H,2-4,6,8,13H2,1H3,(H,14,16). The molecule has 2 heterocycles. The van der Waals surface area contributed by atoms with E-state index in [-0.39, 0.29) is 5.75 Å². The number of sulfone groups is 1. The molecule has 1 unspecified atom stereocenters. The number of carbonyl (C=O) groups is 1. The zero-order valence-corrected chi connectivity index (χ0v) is 13.4. The number of hydrogen-bond donors (Lipinski definition) is 2. The highest BCUT2D eigenvalue weighted by Gasteiger charge is 2.33. The predicted molar refractivity (Wildman–Crippen MR) is 81.3 cm³/mol. The lowest BCUT2D eigenvalue weighted by Gasteiger charge is -2.33. The van der Waals surface area contributed by atoms with Gasteiger partial charge in [-0.2, -0.15) is 11.8 Å². The molecule has 1 atom stereocenters. The first-order chi connectivity index (χ1) is 9.97. The zero-order valence-electron chi connectivity index (χ0n) is 11.7. The van der Waals surface area contributed by atoms with Gasteiger partial charge in [-0.15, -0.1) is 0 Å². The van der Waals surface area contributed by atoms with Gasteiger partial charge in [0.25, 0.3) is 5.91 Å². The van der Waals surface area contributed by atoms with Crippen LogP contribution < -0.4 is 11.3 Å². The van der Waals surface area contributed by atoms with Crippen molar-refractivity contribution in [2.45, 2.75) is 18.8 Å². The van der Waals surface area contributed by atoms with Crippen molar-refractivity contribution >= 4 is 27.5 Å². The Morgan fingerprint density at radius 3 is 3.05 bits per heavy atom. The Balaban J connectivity index is 2.12.